The summed E-state index contributed by atoms with van der Waals surface area (Å²) >= 11 is 5.14. The van der Waals surface area contributed by atoms with Gasteiger partial charge in [0, 0.05) is 5.69 Å². The molecule has 0 saturated heterocycles. The molecule has 2 aromatic carbocycles. The van der Waals surface area contributed by atoms with Crippen LogP contribution in [0.4, 0.5) is 5.69 Å². The van der Waals surface area contributed by atoms with Crippen molar-refractivity contribution in [2.24, 2.45) is 5.10 Å². The predicted octanol–water partition coefficient (Wildman–Crippen LogP) is 3.11. The Morgan fingerprint density at radius 2 is 2.05 bits per heavy atom. The third-order valence-electron chi connectivity index (χ3n) is 2.70. The number of para-hydroxylation sites is 1. The molecule has 0 radical (unpaired) electrons. The third kappa shape index (κ3) is 4.75. The molecule has 0 atom stereocenters. The van der Waals surface area contributed by atoms with Crippen LogP contribution in [-0.2, 0) is 0 Å². The highest BCUT2D eigenvalue weighted by molar-refractivity contribution is 7.80. The Bertz CT molecular complexity index is 660. The zero-order chi connectivity index (χ0) is 15.8. The van der Waals surface area contributed by atoms with E-state index in [-0.39, 0.29) is 5.75 Å². The summed E-state index contributed by atoms with van der Waals surface area (Å²) in [6, 6.07) is 14.6. The molecule has 114 valence electrons. The molecule has 0 unspecified atom stereocenters. The smallest absolute Gasteiger partial charge is 0.191 e. The van der Waals surface area contributed by atoms with E-state index >= 15 is 0 Å². The SMILES string of the molecule is CCOc1cc(C=NNC(=S)Nc2ccccc2)ccc1O. The molecule has 6 heteroatoms. The van der Waals surface area contributed by atoms with Crippen LogP contribution in [0, 0.1) is 0 Å². The maximum absolute atomic E-state index is 9.63. The van der Waals surface area contributed by atoms with Crippen LogP contribution >= 0.6 is 12.2 Å². The zero-order valence-electron chi connectivity index (χ0n) is 12.1. The second-order valence-electron chi connectivity index (χ2n) is 4.35. The number of hydrogen-bond donors (Lipinski definition) is 3. The average molecular weight is 315 g/mol. The summed E-state index contributed by atoms with van der Waals surface area (Å²) in [5.41, 5.74) is 4.41. The summed E-state index contributed by atoms with van der Waals surface area (Å²) in [5.74, 6) is 0.532. The Morgan fingerprint density at radius 3 is 2.77 bits per heavy atom. The van der Waals surface area contributed by atoms with E-state index in [1.165, 1.54) is 0 Å². The first-order chi connectivity index (χ1) is 10.7. The molecule has 3 N–H and O–H groups in total. The Balaban J connectivity index is 1.92. The summed E-state index contributed by atoms with van der Waals surface area (Å²) in [4.78, 5) is 0. The highest BCUT2D eigenvalue weighted by Gasteiger charge is 2.02. The maximum Gasteiger partial charge on any atom is 0.191 e. The Kier molecular flexibility index (Phi) is 5.73. The fourth-order valence-electron chi connectivity index (χ4n) is 1.73. The van der Waals surface area contributed by atoms with Crippen LogP contribution in [0.3, 0.4) is 0 Å². The number of nitrogens with zero attached hydrogens (tertiary/aromatic N) is 1. The number of phenols is 1. The van der Waals surface area contributed by atoms with Gasteiger partial charge in [0.2, 0.25) is 0 Å². The standard InChI is InChI=1S/C16H17N3O2S/c1-2-21-15-10-12(8-9-14(15)20)11-17-19-16(22)18-13-6-4-3-5-7-13/h3-11,20H,2H2,1H3,(H2,18,19,22). The van der Waals surface area contributed by atoms with Crippen molar-refractivity contribution >= 4 is 29.2 Å². The van der Waals surface area contributed by atoms with E-state index in [1.807, 2.05) is 37.3 Å². The van der Waals surface area contributed by atoms with Gasteiger partial charge in [0.05, 0.1) is 12.8 Å². The average Bonchev–Trinajstić information content (AvgIpc) is 2.51. The highest BCUT2D eigenvalue weighted by atomic mass is 32.1. The van der Waals surface area contributed by atoms with E-state index in [1.54, 1.807) is 24.4 Å². The lowest BCUT2D eigenvalue weighted by atomic mass is 10.2. The van der Waals surface area contributed by atoms with E-state index in [4.69, 9.17) is 17.0 Å². The molecular formula is C16H17N3O2S. The summed E-state index contributed by atoms with van der Waals surface area (Å²) in [6.07, 6.45) is 1.60. The molecule has 0 fully saturated rings. The van der Waals surface area contributed by atoms with Crippen LogP contribution in [-0.4, -0.2) is 23.0 Å². The van der Waals surface area contributed by atoms with Crippen LogP contribution in [0.1, 0.15) is 12.5 Å². The minimum Gasteiger partial charge on any atom is -0.504 e. The van der Waals surface area contributed by atoms with Gasteiger partial charge in [0.15, 0.2) is 16.6 Å². The molecule has 0 aromatic heterocycles. The molecule has 0 aliphatic carbocycles. The largest absolute Gasteiger partial charge is 0.504 e. The van der Waals surface area contributed by atoms with Crippen molar-refractivity contribution in [3.8, 4) is 11.5 Å². The van der Waals surface area contributed by atoms with E-state index in [2.05, 4.69) is 15.8 Å². The third-order valence-corrected chi connectivity index (χ3v) is 2.89. The number of phenolic OH excluding ortho intramolecular Hbond substituents is 1. The van der Waals surface area contributed by atoms with Gasteiger partial charge in [0.1, 0.15) is 0 Å². The molecule has 22 heavy (non-hydrogen) atoms. The first-order valence-electron chi connectivity index (χ1n) is 6.80. The van der Waals surface area contributed by atoms with Gasteiger partial charge in [-0.2, -0.15) is 5.10 Å². The molecule has 0 aliphatic rings. The van der Waals surface area contributed by atoms with Crippen molar-refractivity contribution in [2.75, 3.05) is 11.9 Å². The summed E-state index contributed by atoms with van der Waals surface area (Å²) in [5, 5.41) is 17.1. The van der Waals surface area contributed by atoms with Crippen molar-refractivity contribution in [3.63, 3.8) is 0 Å². The highest BCUT2D eigenvalue weighted by Crippen LogP contribution is 2.26. The molecule has 0 heterocycles. The van der Waals surface area contributed by atoms with Gasteiger partial charge >= 0.3 is 0 Å². The second kappa shape index (κ2) is 7.99. The van der Waals surface area contributed by atoms with E-state index in [0.29, 0.717) is 17.5 Å². The van der Waals surface area contributed by atoms with Crippen molar-refractivity contribution in [3.05, 3.63) is 54.1 Å². The Morgan fingerprint density at radius 1 is 1.27 bits per heavy atom. The molecule has 0 bridgehead atoms. The first kappa shape index (κ1) is 15.8. The predicted molar refractivity (Wildman–Crippen MR) is 92.7 cm³/mol. The minimum absolute atomic E-state index is 0.105. The van der Waals surface area contributed by atoms with Gasteiger partial charge in [-0.1, -0.05) is 18.2 Å². The number of thiocarbonyl (C=S) groups is 1. The van der Waals surface area contributed by atoms with Gasteiger partial charge in [-0.15, -0.1) is 0 Å². The Labute approximate surface area is 134 Å². The van der Waals surface area contributed by atoms with Crippen molar-refractivity contribution in [1.29, 1.82) is 0 Å². The summed E-state index contributed by atoms with van der Waals surface area (Å²) in [6.45, 7) is 2.34. The van der Waals surface area contributed by atoms with Crippen LogP contribution < -0.4 is 15.5 Å². The van der Waals surface area contributed by atoms with Crippen molar-refractivity contribution in [1.82, 2.24) is 5.43 Å². The second-order valence-corrected chi connectivity index (χ2v) is 4.76. The van der Waals surface area contributed by atoms with Crippen molar-refractivity contribution in [2.45, 2.75) is 6.92 Å². The van der Waals surface area contributed by atoms with Crippen LogP contribution in [0.5, 0.6) is 11.5 Å². The van der Waals surface area contributed by atoms with Gasteiger partial charge < -0.3 is 15.2 Å². The summed E-state index contributed by atoms with van der Waals surface area (Å²) < 4.78 is 5.31. The fourth-order valence-corrected chi connectivity index (χ4v) is 1.90. The number of hydrogen-bond acceptors (Lipinski definition) is 4. The quantitative estimate of drug-likeness (QED) is 0.449. The fraction of sp³-hybridized carbons (Fsp3) is 0.125. The van der Waals surface area contributed by atoms with Crippen LogP contribution in [0.15, 0.2) is 53.6 Å². The molecule has 0 aliphatic heterocycles. The van der Waals surface area contributed by atoms with Gasteiger partial charge in [-0.05, 0) is 55.0 Å². The first-order valence-corrected chi connectivity index (χ1v) is 7.21. The lowest BCUT2D eigenvalue weighted by Gasteiger charge is -2.07. The monoisotopic (exact) mass is 315 g/mol. The molecule has 0 spiro atoms. The number of rotatable bonds is 5. The number of hydrazone groups is 1. The maximum atomic E-state index is 9.63. The van der Waals surface area contributed by atoms with Crippen LogP contribution in [0.25, 0.3) is 0 Å². The summed E-state index contributed by atoms with van der Waals surface area (Å²) in [7, 11) is 0. The molecule has 0 amide bonds. The zero-order valence-corrected chi connectivity index (χ0v) is 12.9. The van der Waals surface area contributed by atoms with Gasteiger partial charge in [-0.25, -0.2) is 0 Å². The molecule has 5 nitrogen and oxygen atoms in total. The van der Waals surface area contributed by atoms with E-state index < -0.39 is 0 Å². The number of nitrogens with one attached hydrogen (secondary N) is 2. The topological polar surface area (TPSA) is 65.9 Å². The molecule has 2 rings (SSSR count). The molecule has 2 aromatic rings. The normalized spacial score (nSPS) is 10.4. The van der Waals surface area contributed by atoms with E-state index in [0.717, 1.165) is 11.3 Å². The lowest BCUT2D eigenvalue weighted by Crippen LogP contribution is -2.23. The number of aromatic hydroxyl groups is 1. The lowest BCUT2D eigenvalue weighted by molar-refractivity contribution is 0.318. The number of ether oxygens (including phenoxy) is 1. The van der Waals surface area contributed by atoms with Gasteiger partial charge in [0.25, 0.3) is 0 Å². The minimum atomic E-state index is 0.105. The molecular weight excluding hydrogens is 298 g/mol. The molecule has 0 saturated carbocycles. The number of benzene rings is 2. The van der Waals surface area contributed by atoms with Gasteiger partial charge in [-0.3, -0.25) is 5.43 Å². The van der Waals surface area contributed by atoms with Crippen LogP contribution in [0.2, 0.25) is 0 Å². The number of anilines is 1. The van der Waals surface area contributed by atoms with E-state index in [9.17, 15) is 5.11 Å². The Hall–Kier alpha value is -2.60. The van der Waals surface area contributed by atoms with Crippen molar-refractivity contribution < 1.29 is 9.84 Å².